The van der Waals surface area contributed by atoms with Gasteiger partial charge in [-0.2, -0.15) is 0 Å². The van der Waals surface area contributed by atoms with Crippen molar-refractivity contribution in [1.29, 1.82) is 0 Å². The van der Waals surface area contributed by atoms with Gasteiger partial charge in [-0.05, 0) is 43.1 Å². The number of hydrogen-bond donors (Lipinski definition) is 2. The Labute approximate surface area is 104 Å². The average Bonchev–Trinajstić information content (AvgIpc) is 2.52. The van der Waals surface area contributed by atoms with Gasteiger partial charge in [0.1, 0.15) is 0 Å². The van der Waals surface area contributed by atoms with Crippen LogP contribution < -0.4 is 5.73 Å². The Balaban J connectivity index is 2.04. The van der Waals surface area contributed by atoms with E-state index >= 15 is 0 Å². The zero-order valence-corrected chi connectivity index (χ0v) is 10.7. The molecular formula is C14H25NO2. The average molecular weight is 239 g/mol. The number of carbonyl (C=O) groups is 1. The number of carboxylic acid groups (broad SMARTS) is 1. The van der Waals surface area contributed by atoms with Crippen LogP contribution in [0.2, 0.25) is 0 Å². The van der Waals surface area contributed by atoms with E-state index in [0.717, 1.165) is 24.7 Å². The van der Waals surface area contributed by atoms with Crippen molar-refractivity contribution < 1.29 is 9.90 Å². The van der Waals surface area contributed by atoms with Crippen LogP contribution >= 0.6 is 0 Å². The molecule has 2 fully saturated rings. The van der Waals surface area contributed by atoms with Gasteiger partial charge in [0.2, 0.25) is 0 Å². The van der Waals surface area contributed by atoms with E-state index in [1.54, 1.807) is 0 Å². The summed E-state index contributed by atoms with van der Waals surface area (Å²) in [7, 11) is 0. The van der Waals surface area contributed by atoms with Gasteiger partial charge < -0.3 is 10.8 Å². The fourth-order valence-corrected chi connectivity index (χ4v) is 4.00. The Kier molecular flexibility index (Phi) is 4.08. The first-order valence-electron chi connectivity index (χ1n) is 7.07. The third-order valence-electron chi connectivity index (χ3n) is 5.02. The second-order valence-corrected chi connectivity index (χ2v) is 6.18. The summed E-state index contributed by atoms with van der Waals surface area (Å²) in [5, 5.41) is 9.06. The SMILES string of the molecule is NC[C@@]1(CC(=O)O)CC[C@@H]2CCCCC[C@H]2C1. The zero-order valence-electron chi connectivity index (χ0n) is 10.7. The molecule has 0 aliphatic heterocycles. The molecule has 0 bridgehead atoms. The fourth-order valence-electron chi connectivity index (χ4n) is 4.00. The summed E-state index contributed by atoms with van der Waals surface area (Å²) in [6.45, 7) is 0.544. The van der Waals surface area contributed by atoms with Crippen molar-refractivity contribution in [3.8, 4) is 0 Å². The maximum atomic E-state index is 11.0. The van der Waals surface area contributed by atoms with E-state index in [2.05, 4.69) is 0 Å². The van der Waals surface area contributed by atoms with Crippen molar-refractivity contribution >= 4 is 5.97 Å². The quantitative estimate of drug-likeness (QED) is 0.796. The monoisotopic (exact) mass is 239 g/mol. The van der Waals surface area contributed by atoms with Gasteiger partial charge in [-0.3, -0.25) is 4.79 Å². The van der Waals surface area contributed by atoms with Crippen LogP contribution in [0.1, 0.15) is 57.8 Å². The number of aliphatic carboxylic acids is 1. The van der Waals surface area contributed by atoms with Gasteiger partial charge in [0.05, 0.1) is 6.42 Å². The van der Waals surface area contributed by atoms with Crippen molar-refractivity contribution in [1.82, 2.24) is 0 Å². The second-order valence-electron chi connectivity index (χ2n) is 6.18. The van der Waals surface area contributed by atoms with Crippen molar-refractivity contribution in [2.24, 2.45) is 23.0 Å². The smallest absolute Gasteiger partial charge is 0.303 e. The summed E-state index contributed by atoms with van der Waals surface area (Å²) >= 11 is 0. The van der Waals surface area contributed by atoms with Crippen molar-refractivity contribution in [2.45, 2.75) is 57.8 Å². The maximum Gasteiger partial charge on any atom is 0.303 e. The maximum absolute atomic E-state index is 11.0. The predicted octanol–water partition coefficient (Wildman–Crippen LogP) is 2.79. The molecule has 17 heavy (non-hydrogen) atoms. The first kappa shape index (κ1) is 12.9. The molecule has 3 N–H and O–H groups in total. The van der Waals surface area contributed by atoms with Gasteiger partial charge in [-0.25, -0.2) is 0 Å². The molecule has 0 heterocycles. The minimum absolute atomic E-state index is 0.0999. The molecule has 0 aromatic carbocycles. The predicted molar refractivity (Wildman–Crippen MR) is 67.7 cm³/mol. The van der Waals surface area contributed by atoms with Crippen LogP contribution in [0.5, 0.6) is 0 Å². The van der Waals surface area contributed by atoms with E-state index in [1.165, 1.54) is 38.5 Å². The number of hydrogen-bond acceptors (Lipinski definition) is 2. The molecule has 0 spiro atoms. The standard InChI is InChI=1S/C14H25NO2/c15-10-14(9-13(16)17)7-6-11-4-2-1-3-5-12(11)8-14/h11-12H,1-10,15H2,(H,16,17)/t11-,12-,14-/m0/s1. The highest BCUT2D eigenvalue weighted by Gasteiger charge is 2.41. The molecule has 0 unspecified atom stereocenters. The number of nitrogens with two attached hydrogens (primary N) is 1. The summed E-state index contributed by atoms with van der Waals surface area (Å²) in [5.74, 6) is 0.919. The Morgan fingerprint density at radius 1 is 1.18 bits per heavy atom. The summed E-state index contributed by atoms with van der Waals surface area (Å²) < 4.78 is 0. The van der Waals surface area contributed by atoms with E-state index < -0.39 is 5.97 Å². The summed E-state index contributed by atoms with van der Waals surface area (Å²) in [5.41, 5.74) is 5.78. The topological polar surface area (TPSA) is 63.3 Å². The van der Waals surface area contributed by atoms with Gasteiger partial charge in [0, 0.05) is 0 Å². The normalized spacial score (nSPS) is 38.2. The molecule has 3 nitrogen and oxygen atoms in total. The molecule has 98 valence electrons. The molecule has 3 atom stereocenters. The molecule has 2 saturated carbocycles. The number of rotatable bonds is 3. The van der Waals surface area contributed by atoms with E-state index in [1.807, 2.05) is 0 Å². The molecule has 2 aliphatic rings. The molecule has 0 aromatic rings. The van der Waals surface area contributed by atoms with Crippen LogP contribution in [0.4, 0.5) is 0 Å². The van der Waals surface area contributed by atoms with Crippen molar-refractivity contribution in [2.75, 3.05) is 6.54 Å². The van der Waals surface area contributed by atoms with E-state index in [-0.39, 0.29) is 11.8 Å². The molecule has 0 amide bonds. The lowest BCUT2D eigenvalue weighted by atomic mass is 9.62. The van der Waals surface area contributed by atoms with Crippen LogP contribution in [-0.4, -0.2) is 17.6 Å². The molecule has 2 rings (SSSR count). The first-order chi connectivity index (χ1) is 8.15. The van der Waals surface area contributed by atoms with Gasteiger partial charge in [0.15, 0.2) is 0 Å². The van der Waals surface area contributed by atoms with E-state index in [9.17, 15) is 4.79 Å². The minimum Gasteiger partial charge on any atom is -0.481 e. The van der Waals surface area contributed by atoms with Gasteiger partial charge in [-0.15, -0.1) is 0 Å². The van der Waals surface area contributed by atoms with Gasteiger partial charge in [-0.1, -0.05) is 32.1 Å². The highest BCUT2D eigenvalue weighted by molar-refractivity contribution is 5.67. The molecule has 0 radical (unpaired) electrons. The fraction of sp³-hybridized carbons (Fsp3) is 0.929. The van der Waals surface area contributed by atoms with Crippen LogP contribution in [0.25, 0.3) is 0 Å². The highest BCUT2D eigenvalue weighted by atomic mass is 16.4. The van der Waals surface area contributed by atoms with Crippen LogP contribution in [0, 0.1) is 17.3 Å². The zero-order chi connectivity index (χ0) is 12.3. The third-order valence-corrected chi connectivity index (χ3v) is 5.02. The molecule has 2 aliphatic carbocycles. The van der Waals surface area contributed by atoms with Gasteiger partial charge in [0.25, 0.3) is 0 Å². The Morgan fingerprint density at radius 2 is 1.88 bits per heavy atom. The van der Waals surface area contributed by atoms with Crippen LogP contribution in [0.15, 0.2) is 0 Å². The molecule has 0 saturated heterocycles. The summed E-state index contributed by atoms with van der Waals surface area (Å²) in [4.78, 5) is 11.0. The Bertz CT molecular complexity index is 279. The van der Waals surface area contributed by atoms with Gasteiger partial charge >= 0.3 is 5.97 Å². The minimum atomic E-state index is -0.678. The third kappa shape index (κ3) is 3.01. The Morgan fingerprint density at radius 3 is 2.53 bits per heavy atom. The van der Waals surface area contributed by atoms with Crippen LogP contribution in [0.3, 0.4) is 0 Å². The molecule has 0 aromatic heterocycles. The highest BCUT2D eigenvalue weighted by Crippen LogP contribution is 2.48. The first-order valence-corrected chi connectivity index (χ1v) is 7.07. The van der Waals surface area contributed by atoms with E-state index in [0.29, 0.717) is 6.54 Å². The second kappa shape index (κ2) is 5.38. The lowest BCUT2D eigenvalue weighted by Crippen LogP contribution is -2.40. The lowest BCUT2D eigenvalue weighted by molar-refractivity contribution is -0.140. The number of carboxylic acids is 1. The van der Waals surface area contributed by atoms with Crippen LogP contribution in [-0.2, 0) is 4.79 Å². The van der Waals surface area contributed by atoms with Crippen molar-refractivity contribution in [3.63, 3.8) is 0 Å². The van der Waals surface area contributed by atoms with E-state index in [4.69, 9.17) is 10.8 Å². The van der Waals surface area contributed by atoms with Crippen molar-refractivity contribution in [3.05, 3.63) is 0 Å². The molecular weight excluding hydrogens is 214 g/mol. The number of fused-ring (bicyclic) bond motifs is 1. The molecule has 3 heteroatoms. The largest absolute Gasteiger partial charge is 0.481 e. The summed E-state index contributed by atoms with van der Waals surface area (Å²) in [6.07, 6.45) is 10.3. The summed E-state index contributed by atoms with van der Waals surface area (Å²) in [6, 6.07) is 0. The Hall–Kier alpha value is -0.570. The lowest BCUT2D eigenvalue weighted by Gasteiger charge is -2.43.